The molecule has 0 aliphatic carbocycles. The number of hydrogen-bond acceptors (Lipinski definition) is 15. The average molecular weight is 665 g/mol. The smallest absolute Gasteiger partial charge is 0.303 e. The van der Waals surface area contributed by atoms with Crippen molar-refractivity contribution in [2.24, 2.45) is 0 Å². The van der Waals surface area contributed by atoms with E-state index in [0.29, 0.717) is 6.61 Å². The molecule has 2 heterocycles. The van der Waals surface area contributed by atoms with Gasteiger partial charge in [-0.15, -0.1) is 0 Å². The Bertz CT molecular complexity index is 945. The van der Waals surface area contributed by atoms with Gasteiger partial charge in [0, 0.05) is 55.6 Å². The van der Waals surface area contributed by atoms with E-state index in [0.717, 1.165) is 33.1 Å². The van der Waals surface area contributed by atoms with Crippen LogP contribution in [0.3, 0.4) is 0 Å². The summed E-state index contributed by atoms with van der Waals surface area (Å²) in [6.45, 7) is 6.83. The van der Waals surface area contributed by atoms with Gasteiger partial charge in [0.2, 0.25) is 0 Å². The van der Waals surface area contributed by atoms with Crippen LogP contribution < -0.4 is 0 Å². The van der Waals surface area contributed by atoms with Crippen LogP contribution in [0.5, 0.6) is 0 Å². The fourth-order valence-electron chi connectivity index (χ4n) is 5.54. The predicted molar refractivity (Wildman–Crippen MR) is 158 cm³/mol. The van der Waals surface area contributed by atoms with Crippen molar-refractivity contribution in [3.8, 4) is 0 Å². The topological polar surface area (TPSA) is 170 Å². The highest BCUT2D eigenvalue weighted by atomic mass is 16.8. The fourth-order valence-corrected chi connectivity index (χ4v) is 5.54. The van der Waals surface area contributed by atoms with Gasteiger partial charge in [-0.05, 0) is 6.42 Å². The Morgan fingerprint density at radius 3 is 1.78 bits per heavy atom. The van der Waals surface area contributed by atoms with E-state index in [9.17, 15) is 19.2 Å². The zero-order valence-electron chi connectivity index (χ0n) is 28.3. The van der Waals surface area contributed by atoms with Crippen LogP contribution in [-0.2, 0) is 71.3 Å². The number of rotatable bonds is 21. The van der Waals surface area contributed by atoms with Crippen LogP contribution in [0, 0.1) is 0 Å². The largest absolute Gasteiger partial charge is 0.462 e. The molecule has 10 atom stereocenters. The number of carbonyl (C=O) groups excluding carboxylic acids is 4. The van der Waals surface area contributed by atoms with Gasteiger partial charge in [-0.3, -0.25) is 19.2 Å². The van der Waals surface area contributed by atoms with E-state index in [-0.39, 0.29) is 6.61 Å². The molecule has 0 amide bonds. The standard InChI is InChI=1S/C31H52O15/c1-9-10-11-12-13-14-15-39-30-28(38-8)26(37-7)24(45-30)22(16-36-6)44-31-29(43-21(5)35)27(42-20(4)34)25(46-31)23(41-19(3)33)17-40-18(2)32/h22-31H,9-17H2,1-8H3/t22?,23?,24-,25-,26+,27+,28-,29-,30-,31-/m1/s1. The maximum atomic E-state index is 12.2. The van der Waals surface area contributed by atoms with Crippen molar-refractivity contribution in [1.29, 1.82) is 0 Å². The van der Waals surface area contributed by atoms with E-state index >= 15 is 0 Å². The highest BCUT2D eigenvalue weighted by Gasteiger charge is 2.57. The molecule has 0 aromatic rings. The van der Waals surface area contributed by atoms with Gasteiger partial charge in [0.1, 0.15) is 37.1 Å². The third-order valence-corrected chi connectivity index (χ3v) is 7.48. The number of unbranched alkanes of at least 4 members (excludes halogenated alkanes) is 5. The van der Waals surface area contributed by atoms with Crippen LogP contribution in [0.1, 0.15) is 73.1 Å². The molecular formula is C31H52O15. The van der Waals surface area contributed by atoms with Crippen molar-refractivity contribution in [2.75, 3.05) is 41.2 Å². The van der Waals surface area contributed by atoms with Gasteiger partial charge >= 0.3 is 23.9 Å². The quantitative estimate of drug-likeness (QED) is 0.0994. The Labute approximate surface area is 271 Å². The minimum atomic E-state index is -1.38. The fraction of sp³-hybridized carbons (Fsp3) is 0.871. The van der Waals surface area contributed by atoms with Gasteiger partial charge in [0.25, 0.3) is 0 Å². The Balaban J connectivity index is 2.32. The summed E-state index contributed by atoms with van der Waals surface area (Å²) in [6.07, 6.45) is -3.67. The van der Waals surface area contributed by atoms with E-state index in [2.05, 4.69) is 6.92 Å². The minimum Gasteiger partial charge on any atom is -0.462 e. The minimum absolute atomic E-state index is 0.0263. The summed E-state index contributed by atoms with van der Waals surface area (Å²) in [4.78, 5) is 47.9. The van der Waals surface area contributed by atoms with E-state index in [1.54, 1.807) is 0 Å². The molecule has 0 aromatic heterocycles. The van der Waals surface area contributed by atoms with Crippen molar-refractivity contribution in [3.05, 3.63) is 0 Å². The van der Waals surface area contributed by atoms with Crippen molar-refractivity contribution in [2.45, 2.75) is 135 Å². The molecule has 2 rings (SSSR count). The third kappa shape index (κ3) is 12.3. The van der Waals surface area contributed by atoms with Crippen LogP contribution in [0.15, 0.2) is 0 Å². The monoisotopic (exact) mass is 664 g/mol. The first-order valence-electron chi connectivity index (χ1n) is 15.7. The number of carbonyl (C=O) groups is 4. The summed E-state index contributed by atoms with van der Waals surface area (Å²) in [6, 6.07) is 0. The number of ether oxygens (including phenoxy) is 11. The second-order valence-electron chi connectivity index (χ2n) is 11.2. The first kappa shape index (κ1) is 39.8. The number of esters is 4. The highest BCUT2D eigenvalue weighted by Crippen LogP contribution is 2.35. The SMILES string of the molecule is CCCCCCCCO[C@@H]1O[C@H](C(COC)O[C@@H]2O[C@H](C(COC(C)=O)OC(C)=O)[C@H](OC(C)=O)[C@H]2OC(C)=O)[C@H](OC)[C@H]1OC. The van der Waals surface area contributed by atoms with Crippen molar-refractivity contribution in [1.82, 2.24) is 0 Å². The molecule has 15 nitrogen and oxygen atoms in total. The Morgan fingerprint density at radius 2 is 1.22 bits per heavy atom. The molecule has 0 aromatic carbocycles. The lowest BCUT2D eigenvalue weighted by molar-refractivity contribution is -0.249. The van der Waals surface area contributed by atoms with Crippen molar-refractivity contribution in [3.63, 3.8) is 0 Å². The van der Waals surface area contributed by atoms with Crippen molar-refractivity contribution < 1.29 is 71.3 Å². The van der Waals surface area contributed by atoms with Gasteiger partial charge in [-0.1, -0.05) is 39.0 Å². The van der Waals surface area contributed by atoms with Crippen LogP contribution in [0.25, 0.3) is 0 Å². The first-order valence-corrected chi connectivity index (χ1v) is 15.7. The summed E-state index contributed by atoms with van der Waals surface area (Å²) in [7, 11) is 4.50. The van der Waals surface area contributed by atoms with Crippen molar-refractivity contribution >= 4 is 23.9 Å². The maximum Gasteiger partial charge on any atom is 0.303 e. The molecule has 266 valence electrons. The normalized spacial score (nSPS) is 28.8. The lowest BCUT2D eigenvalue weighted by Gasteiger charge is -2.31. The molecule has 2 aliphatic heterocycles. The molecular weight excluding hydrogens is 612 g/mol. The molecule has 2 unspecified atom stereocenters. The molecule has 2 fully saturated rings. The lowest BCUT2D eigenvalue weighted by Crippen LogP contribution is -2.48. The van der Waals surface area contributed by atoms with Gasteiger partial charge in [-0.2, -0.15) is 0 Å². The Kier molecular flexibility index (Phi) is 17.9. The molecule has 0 saturated carbocycles. The van der Waals surface area contributed by atoms with Gasteiger partial charge < -0.3 is 52.1 Å². The maximum absolute atomic E-state index is 12.2. The lowest BCUT2D eigenvalue weighted by atomic mass is 10.0. The molecule has 0 radical (unpaired) electrons. The Hall–Kier alpha value is -2.40. The van der Waals surface area contributed by atoms with Crippen LogP contribution in [0.2, 0.25) is 0 Å². The zero-order valence-corrected chi connectivity index (χ0v) is 28.3. The average Bonchev–Trinajstić information content (AvgIpc) is 3.50. The summed E-state index contributed by atoms with van der Waals surface area (Å²) < 4.78 is 63.3. The van der Waals surface area contributed by atoms with E-state index in [4.69, 9.17) is 52.1 Å². The van der Waals surface area contributed by atoms with Crippen LogP contribution >= 0.6 is 0 Å². The van der Waals surface area contributed by atoms with E-state index in [1.165, 1.54) is 54.4 Å². The molecule has 0 N–H and O–H groups in total. The summed E-state index contributed by atoms with van der Waals surface area (Å²) in [5, 5.41) is 0. The second kappa shape index (κ2) is 20.8. The second-order valence-corrected chi connectivity index (χ2v) is 11.2. The molecule has 2 aliphatic rings. The molecule has 46 heavy (non-hydrogen) atoms. The highest BCUT2D eigenvalue weighted by molar-refractivity contribution is 5.68. The molecule has 15 heteroatoms. The summed E-state index contributed by atoms with van der Waals surface area (Å²) in [5.41, 5.74) is 0. The first-order chi connectivity index (χ1) is 22.0. The number of hydrogen-bond donors (Lipinski definition) is 0. The number of methoxy groups -OCH3 is 3. The molecule has 0 spiro atoms. The zero-order chi connectivity index (χ0) is 34.2. The Morgan fingerprint density at radius 1 is 0.630 bits per heavy atom. The van der Waals surface area contributed by atoms with Crippen LogP contribution in [-0.4, -0.2) is 126 Å². The summed E-state index contributed by atoms with van der Waals surface area (Å²) >= 11 is 0. The molecule has 0 bridgehead atoms. The van der Waals surface area contributed by atoms with E-state index in [1.807, 2.05) is 0 Å². The summed E-state index contributed by atoms with van der Waals surface area (Å²) in [5.74, 6) is -2.81. The van der Waals surface area contributed by atoms with E-state index < -0.39 is 91.9 Å². The van der Waals surface area contributed by atoms with Gasteiger partial charge in [0.15, 0.2) is 30.9 Å². The predicted octanol–water partition coefficient (Wildman–Crippen LogP) is 2.23. The van der Waals surface area contributed by atoms with Gasteiger partial charge in [0.05, 0.1) is 6.61 Å². The van der Waals surface area contributed by atoms with Crippen LogP contribution in [0.4, 0.5) is 0 Å². The third-order valence-electron chi connectivity index (χ3n) is 7.48. The molecule has 2 saturated heterocycles. The van der Waals surface area contributed by atoms with Gasteiger partial charge in [-0.25, -0.2) is 0 Å².